The largest absolute Gasteiger partial charge is 0.493 e. The van der Waals surface area contributed by atoms with Crippen LogP contribution in [0.2, 0.25) is 0 Å². The third-order valence-electron chi connectivity index (χ3n) is 3.12. The van der Waals surface area contributed by atoms with Gasteiger partial charge in [0, 0.05) is 0 Å². The summed E-state index contributed by atoms with van der Waals surface area (Å²) >= 11 is 0. The first-order chi connectivity index (χ1) is 11.2. The number of halogens is 1. The lowest BCUT2D eigenvalue weighted by atomic mass is 10.1. The number of rotatable bonds is 7. The van der Waals surface area contributed by atoms with Gasteiger partial charge in [-0.25, -0.2) is 4.39 Å². The molecule has 0 bridgehead atoms. The Morgan fingerprint density at radius 1 is 1.09 bits per heavy atom. The third kappa shape index (κ3) is 4.35. The molecular formula is C17H18FNO4. The van der Waals surface area contributed by atoms with Gasteiger partial charge in [-0.1, -0.05) is 6.07 Å². The molecule has 23 heavy (non-hydrogen) atoms. The zero-order chi connectivity index (χ0) is 16.7. The zero-order valence-electron chi connectivity index (χ0n) is 13.0. The standard InChI is InChI=1S/C17H18FNO4/c1-21-15-5-3-4-14(16(15)22-2)17(20)19-10-11-23-13-8-6-12(18)7-9-13/h3-9H,10-11H2,1-2H3,(H,19,20). The molecule has 0 aliphatic carbocycles. The van der Waals surface area contributed by atoms with Crippen LogP contribution in [0.15, 0.2) is 42.5 Å². The van der Waals surface area contributed by atoms with Gasteiger partial charge in [-0.2, -0.15) is 0 Å². The number of carbonyl (C=O) groups is 1. The van der Waals surface area contributed by atoms with Gasteiger partial charge in [-0.3, -0.25) is 4.79 Å². The summed E-state index contributed by atoms with van der Waals surface area (Å²) in [6.07, 6.45) is 0. The highest BCUT2D eigenvalue weighted by molar-refractivity contribution is 5.97. The van der Waals surface area contributed by atoms with Gasteiger partial charge in [0.05, 0.1) is 26.3 Å². The SMILES string of the molecule is COc1cccc(C(=O)NCCOc2ccc(F)cc2)c1OC. The number of benzene rings is 2. The molecule has 1 N–H and O–H groups in total. The molecule has 122 valence electrons. The molecule has 0 fully saturated rings. The molecule has 0 aliphatic heterocycles. The Balaban J connectivity index is 1.89. The van der Waals surface area contributed by atoms with Crippen molar-refractivity contribution in [3.8, 4) is 17.2 Å². The van der Waals surface area contributed by atoms with Crippen molar-refractivity contribution in [2.24, 2.45) is 0 Å². The van der Waals surface area contributed by atoms with Gasteiger partial charge in [0.15, 0.2) is 11.5 Å². The lowest BCUT2D eigenvalue weighted by Gasteiger charge is -2.12. The Bertz CT molecular complexity index is 658. The van der Waals surface area contributed by atoms with Gasteiger partial charge in [0.2, 0.25) is 0 Å². The van der Waals surface area contributed by atoms with E-state index in [4.69, 9.17) is 14.2 Å². The van der Waals surface area contributed by atoms with E-state index in [9.17, 15) is 9.18 Å². The van der Waals surface area contributed by atoms with E-state index in [0.717, 1.165) is 0 Å². The number of hydrogen-bond donors (Lipinski definition) is 1. The van der Waals surface area contributed by atoms with Crippen molar-refractivity contribution in [2.45, 2.75) is 0 Å². The van der Waals surface area contributed by atoms with Crippen molar-refractivity contribution >= 4 is 5.91 Å². The van der Waals surface area contributed by atoms with E-state index in [1.54, 1.807) is 18.2 Å². The van der Waals surface area contributed by atoms with Crippen molar-refractivity contribution < 1.29 is 23.4 Å². The lowest BCUT2D eigenvalue weighted by Crippen LogP contribution is -2.28. The first kappa shape index (κ1) is 16.6. The van der Waals surface area contributed by atoms with Crippen molar-refractivity contribution in [2.75, 3.05) is 27.4 Å². The van der Waals surface area contributed by atoms with Gasteiger partial charge in [0.25, 0.3) is 5.91 Å². The highest BCUT2D eigenvalue weighted by Crippen LogP contribution is 2.30. The van der Waals surface area contributed by atoms with Crippen LogP contribution in [-0.2, 0) is 0 Å². The second-order valence-corrected chi connectivity index (χ2v) is 4.60. The molecule has 2 rings (SSSR count). The molecule has 0 radical (unpaired) electrons. The molecule has 0 saturated carbocycles. The van der Waals surface area contributed by atoms with Crippen molar-refractivity contribution in [1.82, 2.24) is 5.32 Å². The number of hydrogen-bond acceptors (Lipinski definition) is 4. The van der Waals surface area contributed by atoms with E-state index in [-0.39, 0.29) is 18.3 Å². The maximum absolute atomic E-state index is 12.8. The molecule has 6 heteroatoms. The van der Waals surface area contributed by atoms with E-state index in [2.05, 4.69) is 5.32 Å². The van der Waals surface area contributed by atoms with Crippen LogP contribution >= 0.6 is 0 Å². The summed E-state index contributed by atoms with van der Waals surface area (Å²) in [5.41, 5.74) is 0.383. The van der Waals surface area contributed by atoms with Crippen molar-refractivity contribution in [1.29, 1.82) is 0 Å². The summed E-state index contributed by atoms with van der Waals surface area (Å²) < 4.78 is 28.6. The average Bonchev–Trinajstić information content (AvgIpc) is 2.59. The Labute approximate surface area is 134 Å². The van der Waals surface area contributed by atoms with Crippen LogP contribution in [0.25, 0.3) is 0 Å². The molecule has 0 aromatic heterocycles. The molecule has 1 amide bonds. The summed E-state index contributed by atoms with van der Waals surface area (Å²) in [6.45, 7) is 0.570. The number of ether oxygens (including phenoxy) is 3. The van der Waals surface area contributed by atoms with E-state index in [0.29, 0.717) is 29.4 Å². The molecule has 0 saturated heterocycles. The maximum Gasteiger partial charge on any atom is 0.255 e. The first-order valence-corrected chi connectivity index (χ1v) is 7.03. The number of carbonyl (C=O) groups excluding carboxylic acids is 1. The predicted molar refractivity (Wildman–Crippen MR) is 83.8 cm³/mol. The maximum atomic E-state index is 12.8. The molecule has 0 atom stereocenters. The molecule has 0 heterocycles. The topological polar surface area (TPSA) is 56.8 Å². The molecule has 0 aliphatic rings. The zero-order valence-corrected chi connectivity index (χ0v) is 13.0. The van der Waals surface area contributed by atoms with Crippen LogP contribution < -0.4 is 19.5 Å². The van der Waals surface area contributed by atoms with Gasteiger partial charge >= 0.3 is 0 Å². The summed E-state index contributed by atoms with van der Waals surface area (Å²) in [4.78, 5) is 12.2. The smallest absolute Gasteiger partial charge is 0.255 e. The third-order valence-corrected chi connectivity index (χ3v) is 3.12. The summed E-state index contributed by atoms with van der Waals surface area (Å²) in [6, 6.07) is 10.8. The average molecular weight is 319 g/mol. The first-order valence-electron chi connectivity index (χ1n) is 7.03. The fraction of sp³-hybridized carbons (Fsp3) is 0.235. The fourth-order valence-corrected chi connectivity index (χ4v) is 2.03. The van der Waals surface area contributed by atoms with Crippen LogP contribution in [0, 0.1) is 5.82 Å². The Morgan fingerprint density at radius 3 is 2.48 bits per heavy atom. The van der Waals surface area contributed by atoms with E-state index < -0.39 is 0 Å². The summed E-state index contributed by atoms with van der Waals surface area (Å²) in [5, 5.41) is 2.73. The molecule has 0 spiro atoms. The van der Waals surface area contributed by atoms with Gasteiger partial charge in [0.1, 0.15) is 18.2 Å². The second kappa shape index (κ2) is 8.03. The fourth-order valence-electron chi connectivity index (χ4n) is 2.03. The van der Waals surface area contributed by atoms with Crippen LogP contribution in [0.4, 0.5) is 4.39 Å². The van der Waals surface area contributed by atoms with Crippen LogP contribution in [0.5, 0.6) is 17.2 Å². The van der Waals surface area contributed by atoms with E-state index in [1.165, 1.54) is 38.5 Å². The van der Waals surface area contributed by atoms with Gasteiger partial charge < -0.3 is 19.5 Å². The predicted octanol–water partition coefficient (Wildman–Crippen LogP) is 2.65. The number of methoxy groups -OCH3 is 2. The Morgan fingerprint density at radius 2 is 1.83 bits per heavy atom. The molecule has 5 nitrogen and oxygen atoms in total. The van der Waals surface area contributed by atoms with Crippen LogP contribution in [0.1, 0.15) is 10.4 Å². The lowest BCUT2D eigenvalue weighted by molar-refractivity contribution is 0.0943. The summed E-state index contributed by atoms with van der Waals surface area (Å²) in [7, 11) is 2.99. The minimum absolute atomic E-state index is 0.268. The van der Waals surface area contributed by atoms with Gasteiger partial charge in [-0.15, -0.1) is 0 Å². The normalized spacial score (nSPS) is 10.0. The van der Waals surface area contributed by atoms with Crippen molar-refractivity contribution in [3.05, 3.63) is 53.8 Å². The molecule has 2 aromatic rings. The number of para-hydroxylation sites is 1. The minimum atomic E-state index is -0.323. The Kier molecular flexibility index (Phi) is 5.80. The van der Waals surface area contributed by atoms with Crippen LogP contribution in [0.3, 0.4) is 0 Å². The molecule has 0 unspecified atom stereocenters. The van der Waals surface area contributed by atoms with E-state index >= 15 is 0 Å². The Hall–Kier alpha value is -2.76. The molecule has 2 aromatic carbocycles. The highest BCUT2D eigenvalue weighted by atomic mass is 19.1. The number of nitrogens with one attached hydrogen (secondary N) is 1. The monoisotopic (exact) mass is 319 g/mol. The minimum Gasteiger partial charge on any atom is -0.493 e. The van der Waals surface area contributed by atoms with Crippen molar-refractivity contribution in [3.63, 3.8) is 0 Å². The van der Waals surface area contributed by atoms with Crippen LogP contribution in [-0.4, -0.2) is 33.3 Å². The summed E-state index contributed by atoms with van der Waals surface area (Å²) in [5.74, 6) is 0.800. The van der Waals surface area contributed by atoms with Gasteiger partial charge in [-0.05, 0) is 36.4 Å². The van der Waals surface area contributed by atoms with E-state index in [1.807, 2.05) is 0 Å². The highest BCUT2D eigenvalue weighted by Gasteiger charge is 2.15. The second-order valence-electron chi connectivity index (χ2n) is 4.60. The number of amides is 1. The quantitative estimate of drug-likeness (QED) is 0.797. The molecular weight excluding hydrogens is 301 g/mol.